The fourth-order valence-electron chi connectivity index (χ4n) is 8.15. The van der Waals surface area contributed by atoms with Gasteiger partial charge < -0.3 is 44.6 Å². The molecule has 0 radical (unpaired) electrons. The number of likely N-dealkylation sites (tertiary alicyclic amines) is 2. The zero-order valence-corrected chi connectivity index (χ0v) is 33.4. The second-order valence-electron chi connectivity index (χ2n) is 15.5. The van der Waals surface area contributed by atoms with Gasteiger partial charge >= 0.3 is 12.2 Å². The van der Waals surface area contributed by atoms with E-state index in [2.05, 4.69) is 25.6 Å². The van der Waals surface area contributed by atoms with Crippen LogP contribution in [0.5, 0.6) is 0 Å². The molecule has 4 atom stereocenters. The standard InChI is InChI=1S/C42H48N10O7/c1-23(2)35(49-41(55)57-3)39(53)52-16-6-8-34(52)38-46-28-14-13-26(17-29(28)47-38)31-19-43-30(18-44-31)24-9-11-25(12-10-24)32-20-45-37(48-32)33-7-5-15-51(33)40(54)36(27-21-59-22-27)50-42(56)58-4/h9-14,17-20,23,27,33-36H,5-8,15-16,21-22H2,1-4H3,(H,45,48)(H,46,47)(H,49,55)(H,50,56). The molecule has 2 aromatic carbocycles. The van der Waals surface area contributed by atoms with Crippen LogP contribution in [-0.4, -0.2) is 116 Å². The lowest BCUT2D eigenvalue weighted by Gasteiger charge is -2.36. The predicted octanol–water partition coefficient (Wildman–Crippen LogP) is 5.16. The number of carbonyl (C=O) groups is 4. The number of fused-ring (bicyclic) bond motifs is 1. The van der Waals surface area contributed by atoms with Crippen LogP contribution >= 0.6 is 0 Å². The number of ether oxygens (including phenoxy) is 3. The minimum Gasteiger partial charge on any atom is -0.453 e. The third-order valence-corrected chi connectivity index (χ3v) is 11.5. The fraction of sp³-hybridized carbons (Fsp3) is 0.429. The van der Waals surface area contributed by atoms with Gasteiger partial charge in [0.05, 0.1) is 86.2 Å². The normalized spacial score (nSPS) is 19.1. The Kier molecular flexibility index (Phi) is 11.3. The van der Waals surface area contributed by atoms with E-state index in [1.54, 1.807) is 28.4 Å². The summed E-state index contributed by atoms with van der Waals surface area (Å²) in [6.07, 6.45) is 7.18. The van der Waals surface area contributed by atoms with Crippen molar-refractivity contribution in [3.63, 3.8) is 0 Å². The van der Waals surface area contributed by atoms with E-state index in [0.29, 0.717) is 43.6 Å². The molecule has 3 fully saturated rings. The summed E-state index contributed by atoms with van der Waals surface area (Å²) in [5.74, 6) is 0.859. The van der Waals surface area contributed by atoms with Gasteiger partial charge in [-0.3, -0.25) is 19.6 Å². The Morgan fingerprint density at radius 2 is 1.36 bits per heavy atom. The molecular weight excluding hydrogens is 757 g/mol. The molecule has 5 aromatic rings. The van der Waals surface area contributed by atoms with Crippen LogP contribution in [0.15, 0.2) is 61.1 Å². The third-order valence-electron chi connectivity index (χ3n) is 11.5. The van der Waals surface area contributed by atoms with Crippen LogP contribution in [0.3, 0.4) is 0 Å². The Labute approximate surface area is 340 Å². The first-order chi connectivity index (χ1) is 28.6. The van der Waals surface area contributed by atoms with Gasteiger partial charge in [0.2, 0.25) is 11.8 Å². The van der Waals surface area contributed by atoms with Gasteiger partial charge in [-0.05, 0) is 49.3 Å². The fourth-order valence-corrected chi connectivity index (χ4v) is 8.15. The number of nitrogens with zero attached hydrogens (tertiary/aromatic N) is 6. The van der Waals surface area contributed by atoms with Crippen molar-refractivity contribution in [3.8, 4) is 33.8 Å². The summed E-state index contributed by atoms with van der Waals surface area (Å²) in [5, 5.41) is 5.40. The SMILES string of the molecule is COC(=O)NC(C(=O)N1CCCC1c1nc2ccc(-c3cnc(-c4ccc(-c5cnc(C6CCCN6C(=O)C(NC(=O)OC)C6COC6)[nH]5)cc4)cn3)cc2[nH]1)C(C)C. The smallest absolute Gasteiger partial charge is 0.407 e. The van der Waals surface area contributed by atoms with Gasteiger partial charge in [-0.25, -0.2) is 19.6 Å². The van der Waals surface area contributed by atoms with Gasteiger partial charge in [-0.2, -0.15) is 0 Å². The van der Waals surface area contributed by atoms with Crippen molar-refractivity contribution in [1.29, 1.82) is 0 Å². The van der Waals surface area contributed by atoms with Crippen molar-refractivity contribution in [2.75, 3.05) is 40.5 Å². The average molecular weight is 805 g/mol. The Bertz CT molecular complexity index is 2320. The first kappa shape index (κ1) is 39.5. The van der Waals surface area contributed by atoms with Crippen LogP contribution in [0.2, 0.25) is 0 Å². The van der Waals surface area contributed by atoms with Gasteiger partial charge in [0.25, 0.3) is 0 Å². The van der Waals surface area contributed by atoms with Crippen LogP contribution in [-0.2, 0) is 23.8 Å². The number of imidazole rings is 2. The highest BCUT2D eigenvalue weighted by Gasteiger charge is 2.42. The molecule has 0 aliphatic carbocycles. The number of benzene rings is 2. The van der Waals surface area contributed by atoms with E-state index < -0.39 is 24.3 Å². The summed E-state index contributed by atoms with van der Waals surface area (Å²) in [5.41, 5.74) is 6.54. The van der Waals surface area contributed by atoms with Crippen LogP contribution in [0.25, 0.3) is 44.8 Å². The summed E-state index contributed by atoms with van der Waals surface area (Å²) in [4.78, 5) is 80.8. The Morgan fingerprint density at radius 3 is 1.98 bits per heavy atom. The largest absolute Gasteiger partial charge is 0.453 e. The summed E-state index contributed by atoms with van der Waals surface area (Å²) < 4.78 is 14.9. The van der Waals surface area contributed by atoms with Gasteiger partial charge in [0.15, 0.2) is 0 Å². The average Bonchev–Trinajstić information content (AvgIpc) is 4.07. The molecule has 0 saturated carbocycles. The van der Waals surface area contributed by atoms with Gasteiger partial charge in [0.1, 0.15) is 23.7 Å². The molecule has 17 nitrogen and oxygen atoms in total. The van der Waals surface area contributed by atoms with Gasteiger partial charge in [0, 0.05) is 30.1 Å². The molecule has 17 heteroatoms. The van der Waals surface area contributed by atoms with Crippen molar-refractivity contribution >= 4 is 35.0 Å². The van der Waals surface area contributed by atoms with E-state index in [9.17, 15) is 19.2 Å². The quantitative estimate of drug-likeness (QED) is 0.137. The van der Waals surface area contributed by atoms with Crippen LogP contribution in [0, 0.1) is 11.8 Å². The zero-order chi connectivity index (χ0) is 41.2. The topological polar surface area (TPSA) is 210 Å². The molecule has 4 unspecified atom stereocenters. The lowest BCUT2D eigenvalue weighted by atomic mass is 9.96. The highest BCUT2D eigenvalue weighted by atomic mass is 16.5. The molecule has 308 valence electrons. The van der Waals surface area contributed by atoms with Crippen molar-refractivity contribution in [1.82, 2.24) is 50.3 Å². The first-order valence-electron chi connectivity index (χ1n) is 20.0. The van der Waals surface area contributed by atoms with Gasteiger partial charge in [-0.15, -0.1) is 0 Å². The number of rotatable bonds is 11. The Balaban J connectivity index is 0.928. The molecule has 3 saturated heterocycles. The number of nitrogens with one attached hydrogen (secondary N) is 4. The Hall–Kier alpha value is -6.36. The van der Waals surface area contributed by atoms with E-state index >= 15 is 0 Å². The number of carbonyl (C=O) groups excluding carboxylic acids is 4. The molecular formula is C42H48N10O7. The summed E-state index contributed by atoms with van der Waals surface area (Å²) in [7, 11) is 2.57. The first-order valence-corrected chi connectivity index (χ1v) is 20.0. The molecule has 8 rings (SSSR count). The number of alkyl carbamates (subject to hydrolysis) is 2. The highest BCUT2D eigenvalue weighted by molar-refractivity contribution is 5.88. The maximum atomic E-state index is 13.7. The molecule has 59 heavy (non-hydrogen) atoms. The van der Waals surface area contributed by atoms with Gasteiger partial charge in [-0.1, -0.05) is 44.2 Å². The lowest BCUT2D eigenvalue weighted by molar-refractivity contribution is -0.142. The predicted molar refractivity (Wildman–Crippen MR) is 215 cm³/mol. The second-order valence-corrected chi connectivity index (χ2v) is 15.5. The number of aromatic nitrogens is 6. The minimum absolute atomic E-state index is 0.104. The maximum Gasteiger partial charge on any atom is 0.407 e. The lowest BCUT2D eigenvalue weighted by Crippen LogP contribution is -2.56. The van der Waals surface area contributed by atoms with Crippen molar-refractivity contribution < 1.29 is 33.4 Å². The number of hydrogen-bond acceptors (Lipinski definition) is 11. The molecule has 0 bridgehead atoms. The van der Waals surface area contributed by atoms with E-state index in [0.717, 1.165) is 64.8 Å². The monoisotopic (exact) mass is 804 g/mol. The summed E-state index contributed by atoms with van der Waals surface area (Å²) in [6, 6.07) is 11.9. The molecule has 0 spiro atoms. The van der Waals surface area contributed by atoms with E-state index in [-0.39, 0.29) is 35.7 Å². The van der Waals surface area contributed by atoms with Crippen LogP contribution < -0.4 is 10.6 Å². The van der Waals surface area contributed by atoms with Crippen molar-refractivity contribution in [2.45, 2.75) is 63.7 Å². The molecule has 4 amide bonds. The van der Waals surface area contributed by atoms with Crippen molar-refractivity contribution in [3.05, 3.63) is 72.7 Å². The molecule has 3 aliphatic rings. The van der Waals surface area contributed by atoms with Crippen molar-refractivity contribution in [2.24, 2.45) is 11.8 Å². The summed E-state index contributed by atoms with van der Waals surface area (Å²) >= 11 is 0. The number of aromatic amines is 2. The van der Waals surface area contributed by atoms with Crippen LogP contribution in [0.4, 0.5) is 9.59 Å². The zero-order valence-electron chi connectivity index (χ0n) is 33.4. The summed E-state index contributed by atoms with van der Waals surface area (Å²) in [6.45, 7) is 5.75. The highest BCUT2D eigenvalue weighted by Crippen LogP contribution is 2.35. The Morgan fingerprint density at radius 1 is 0.746 bits per heavy atom. The second kappa shape index (κ2) is 16.9. The molecule has 3 aliphatic heterocycles. The number of hydrogen-bond donors (Lipinski definition) is 4. The number of H-pyrrole nitrogens is 2. The maximum absolute atomic E-state index is 13.7. The molecule has 3 aromatic heterocycles. The molecule has 6 heterocycles. The van der Waals surface area contributed by atoms with E-state index in [4.69, 9.17) is 29.2 Å². The van der Waals surface area contributed by atoms with E-state index in [1.165, 1.54) is 14.2 Å². The third kappa shape index (κ3) is 8.06. The number of methoxy groups -OCH3 is 2. The molecule has 4 N–H and O–H groups in total. The number of amides is 4. The minimum atomic E-state index is -0.721. The van der Waals surface area contributed by atoms with E-state index in [1.807, 2.05) is 56.3 Å². The van der Waals surface area contributed by atoms with Crippen LogP contribution in [0.1, 0.15) is 63.3 Å².